The van der Waals surface area contributed by atoms with E-state index in [1.807, 2.05) is 12.3 Å². The summed E-state index contributed by atoms with van der Waals surface area (Å²) < 4.78 is 5.72. The highest BCUT2D eigenvalue weighted by molar-refractivity contribution is 5.92. The molecule has 1 aromatic heterocycles. The first kappa shape index (κ1) is 15.0. The van der Waals surface area contributed by atoms with E-state index >= 15 is 0 Å². The van der Waals surface area contributed by atoms with Gasteiger partial charge in [0.05, 0.1) is 6.20 Å². The maximum absolute atomic E-state index is 11.0. The monoisotopic (exact) mass is 285 g/mol. The minimum Gasteiger partial charge on any atom is -0.456 e. The van der Waals surface area contributed by atoms with Gasteiger partial charge in [-0.05, 0) is 48.9 Å². The lowest BCUT2D eigenvalue weighted by Crippen LogP contribution is -2.13. The highest BCUT2D eigenvalue weighted by Crippen LogP contribution is 2.21. The smallest absolute Gasteiger partial charge is 0.248 e. The number of primary amides is 1. The molecule has 21 heavy (non-hydrogen) atoms. The van der Waals surface area contributed by atoms with Crippen molar-refractivity contribution in [2.75, 3.05) is 6.54 Å². The van der Waals surface area contributed by atoms with E-state index in [9.17, 15) is 4.79 Å². The lowest BCUT2D eigenvalue weighted by atomic mass is 10.2. The Morgan fingerprint density at radius 3 is 2.67 bits per heavy atom. The normalized spacial score (nSPS) is 10.3. The van der Waals surface area contributed by atoms with Crippen LogP contribution in [0.1, 0.15) is 29.3 Å². The molecule has 1 aromatic carbocycles. The fourth-order valence-electron chi connectivity index (χ4n) is 1.85. The largest absolute Gasteiger partial charge is 0.456 e. The second-order valence-electron chi connectivity index (χ2n) is 4.70. The van der Waals surface area contributed by atoms with Crippen LogP contribution in [0.15, 0.2) is 42.7 Å². The van der Waals surface area contributed by atoms with Crippen molar-refractivity contribution < 1.29 is 9.53 Å². The first-order valence-electron chi connectivity index (χ1n) is 6.91. The number of carbonyl (C=O) groups excluding carboxylic acids is 1. The van der Waals surface area contributed by atoms with E-state index < -0.39 is 5.91 Å². The first-order chi connectivity index (χ1) is 10.2. The van der Waals surface area contributed by atoms with Crippen LogP contribution in [0.4, 0.5) is 0 Å². The number of hydrogen-bond donors (Lipinski definition) is 2. The highest BCUT2D eigenvalue weighted by Gasteiger charge is 2.03. The second kappa shape index (κ2) is 7.40. The third-order valence-electron chi connectivity index (χ3n) is 2.90. The van der Waals surface area contributed by atoms with Gasteiger partial charge in [-0.2, -0.15) is 0 Å². The van der Waals surface area contributed by atoms with E-state index in [1.54, 1.807) is 30.5 Å². The predicted octanol–water partition coefficient (Wildman–Crippen LogP) is 2.47. The van der Waals surface area contributed by atoms with Gasteiger partial charge in [-0.15, -0.1) is 0 Å². The Hall–Kier alpha value is -2.40. The zero-order valence-electron chi connectivity index (χ0n) is 12.0. The van der Waals surface area contributed by atoms with Gasteiger partial charge in [-0.1, -0.05) is 6.92 Å². The topological polar surface area (TPSA) is 77.2 Å². The summed E-state index contributed by atoms with van der Waals surface area (Å²) in [6, 6.07) is 8.64. The Labute approximate surface area is 124 Å². The van der Waals surface area contributed by atoms with Crippen molar-refractivity contribution in [2.45, 2.75) is 19.9 Å². The van der Waals surface area contributed by atoms with Crippen molar-refractivity contribution in [3.05, 3.63) is 53.9 Å². The molecule has 1 heterocycles. The molecule has 5 heteroatoms. The van der Waals surface area contributed by atoms with Crippen LogP contribution >= 0.6 is 0 Å². The molecule has 0 spiro atoms. The van der Waals surface area contributed by atoms with Gasteiger partial charge in [-0.3, -0.25) is 9.78 Å². The van der Waals surface area contributed by atoms with Crippen LogP contribution < -0.4 is 15.8 Å². The number of aromatic nitrogens is 1. The fraction of sp³-hybridized carbons (Fsp3) is 0.250. The molecular weight excluding hydrogens is 266 g/mol. The van der Waals surface area contributed by atoms with Crippen molar-refractivity contribution in [1.82, 2.24) is 10.3 Å². The summed E-state index contributed by atoms with van der Waals surface area (Å²) in [5, 5.41) is 3.32. The Balaban J connectivity index is 2.01. The number of pyridine rings is 1. The van der Waals surface area contributed by atoms with Crippen LogP contribution in [-0.4, -0.2) is 17.4 Å². The molecule has 0 aliphatic rings. The molecule has 0 unspecified atom stereocenters. The Bertz CT molecular complexity index is 597. The standard InChI is InChI=1S/C16H19N3O2/c1-2-7-18-9-12-8-15(11-19-10-12)21-14-5-3-13(4-6-14)16(17)20/h3-6,8,10-11,18H,2,7,9H2,1H3,(H2,17,20). The molecule has 3 N–H and O–H groups in total. The summed E-state index contributed by atoms with van der Waals surface area (Å²) in [5.41, 5.74) is 6.72. The number of nitrogens with one attached hydrogen (secondary N) is 1. The van der Waals surface area contributed by atoms with Crippen LogP contribution in [0.3, 0.4) is 0 Å². The molecule has 2 aromatic rings. The molecular formula is C16H19N3O2. The van der Waals surface area contributed by atoms with Crippen LogP contribution in [0, 0.1) is 0 Å². The van der Waals surface area contributed by atoms with Crippen LogP contribution in [0.5, 0.6) is 11.5 Å². The van der Waals surface area contributed by atoms with Crippen LogP contribution in [-0.2, 0) is 6.54 Å². The summed E-state index contributed by atoms with van der Waals surface area (Å²) in [4.78, 5) is 15.2. The molecule has 1 amide bonds. The number of hydrogen-bond acceptors (Lipinski definition) is 4. The molecule has 0 saturated heterocycles. The minimum absolute atomic E-state index is 0.452. The average Bonchev–Trinajstić information content (AvgIpc) is 2.48. The summed E-state index contributed by atoms with van der Waals surface area (Å²) in [5.74, 6) is 0.852. The van der Waals surface area contributed by atoms with E-state index in [0.717, 1.165) is 25.1 Å². The van der Waals surface area contributed by atoms with Gasteiger partial charge in [-0.25, -0.2) is 0 Å². The Morgan fingerprint density at radius 1 is 1.24 bits per heavy atom. The van der Waals surface area contributed by atoms with Crippen molar-refractivity contribution >= 4 is 5.91 Å². The van der Waals surface area contributed by atoms with Gasteiger partial charge in [0.1, 0.15) is 11.5 Å². The third-order valence-corrected chi connectivity index (χ3v) is 2.90. The molecule has 0 aliphatic carbocycles. The summed E-state index contributed by atoms with van der Waals surface area (Å²) >= 11 is 0. The number of nitrogens with zero attached hydrogens (tertiary/aromatic N) is 1. The van der Waals surface area contributed by atoms with E-state index in [4.69, 9.17) is 10.5 Å². The number of nitrogens with two attached hydrogens (primary N) is 1. The SMILES string of the molecule is CCCNCc1cncc(Oc2ccc(C(N)=O)cc2)c1. The maximum atomic E-state index is 11.0. The molecule has 0 bridgehead atoms. The third kappa shape index (κ3) is 4.57. The van der Waals surface area contributed by atoms with E-state index in [0.29, 0.717) is 17.1 Å². The number of benzene rings is 1. The van der Waals surface area contributed by atoms with E-state index in [1.165, 1.54) is 0 Å². The fourth-order valence-corrected chi connectivity index (χ4v) is 1.85. The maximum Gasteiger partial charge on any atom is 0.248 e. The van der Waals surface area contributed by atoms with Gasteiger partial charge in [0.2, 0.25) is 5.91 Å². The van der Waals surface area contributed by atoms with Crippen LogP contribution in [0.25, 0.3) is 0 Å². The zero-order valence-corrected chi connectivity index (χ0v) is 12.0. The summed E-state index contributed by atoms with van der Waals surface area (Å²) in [6.45, 7) is 3.86. The second-order valence-corrected chi connectivity index (χ2v) is 4.70. The molecule has 110 valence electrons. The van der Waals surface area contributed by atoms with Crippen molar-refractivity contribution in [3.8, 4) is 11.5 Å². The lowest BCUT2D eigenvalue weighted by molar-refractivity contribution is 0.100. The molecule has 2 rings (SSSR count). The molecule has 0 aliphatic heterocycles. The van der Waals surface area contributed by atoms with Gasteiger partial charge in [0.15, 0.2) is 0 Å². The molecule has 0 atom stereocenters. The molecule has 5 nitrogen and oxygen atoms in total. The van der Waals surface area contributed by atoms with Crippen molar-refractivity contribution in [1.29, 1.82) is 0 Å². The Morgan fingerprint density at radius 2 is 2.00 bits per heavy atom. The zero-order chi connectivity index (χ0) is 15.1. The van der Waals surface area contributed by atoms with E-state index in [2.05, 4.69) is 17.2 Å². The van der Waals surface area contributed by atoms with Gasteiger partial charge >= 0.3 is 0 Å². The predicted molar refractivity (Wildman–Crippen MR) is 81.3 cm³/mol. The number of amides is 1. The number of carbonyl (C=O) groups is 1. The molecule has 0 saturated carbocycles. The Kier molecular flexibility index (Phi) is 5.29. The lowest BCUT2D eigenvalue weighted by Gasteiger charge is -2.08. The average molecular weight is 285 g/mol. The van der Waals surface area contributed by atoms with Gasteiger partial charge < -0.3 is 15.8 Å². The van der Waals surface area contributed by atoms with E-state index in [-0.39, 0.29) is 0 Å². The molecule has 0 fully saturated rings. The summed E-state index contributed by atoms with van der Waals surface area (Å²) in [6.07, 6.45) is 4.56. The number of ether oxygens (including phenoxy) is 1. The first-order valence-corrected chi connectivity index (χ1v) is 6.91. The van der Waals surface area contributed by atoms with Crippen molar-refractivity contribution in [2.24, 2.45) is 5.73 Å². The quantitative estimate of drug-likeness (QED) is 0.766. The van der Waals surface area contributed by atoms with Crippen LogP contribution in [0.2, 0.25) is 0 Å². The van der Waals surface area contributed by atoms with Gasteiger partial charge in [0, 0.05) is 18.3 Å². The number of rotatable bonds is 7. The van der Waals surface area contributed by atoms with Gasteiger partial charge in [0.25, 0.3) is 0 Å². The van der Waals surface area contributed by atoms with Crippen molar-refractivity contribution in [3.63, 3.8) is 0 Å². The summed E-state index contributed by atoms with van der Waals surface area (Å²) in [7, 11) is 0. The molecule has 0 radical (unpaired) electrons. The minimum atomic E-state index is -0.452. The highest BCUT2D eigenvalue weighted by atomic mass is 16.5.